The summed E-state index contributed by atoms with van der Waals surface area (Å²) in [6, 6.07) is 16.5. The van der Waals surface area contributed by atoms with Crippen LogP contribution in [0, 0.1) is 17.2 Å². The predicted molar refractivity (Wildman–Crippen MR) is 141 cm³/mol. The first-order chi connectivity index (χ1) is 17.4. The van der Waals surface area contributed by atoms with Crippen molar-refractivity contribution in [1.82, 2.24) is 19.7 Å². The largest absolute Gasteiger partial charge is 0.308 e. The summed E-state index contributed by atoms with van der Waals surface area (Å²) < 4.78 is 0. The van der Waals surface area contributed by atoms with Gasteiger partial charge in [-0.1, -0.05) is 36.8 Å². The summed E-state index contributed by atoms with van der Waals surface area (Å²) >= 11 is 0. The fourth-order valence-electron chi connectivity index (χ4n) is 6.62. The SMILES string of the molecule is CN(C)C1(c2ccccc2)CCC2(CC1)CN(CC(=O)Nc1ncccc1C#N)CN2CC1CCC1. The third-order valence-electron chi connectivity index (χ3n) is 8.99. The quantitative estimate of drug-likeness (QED) is 0.637. The van der Waals surface area contributed by atoms with Gasteiger partial charge in [-0.2, -0.15) is 5.26 Å². The van der Waals surface area contributed by atoms with Gasteiger partial charge in [0.2, 0.25) is 5.91 Å². The molecule has 2 saturated carbocycles. The number of nitriles is 1. The van der Waals surface area contributed by atoms with Crippen LogP contribution in [0.1, 0.15) is 56.1 Å². The highest BCUT2D eigenvalue weighted by Gasteiger charge is 2.51. The van der Waals surface area contributed by atoms with Crippen molar-refractivity contribution < 1.29 is 4.79 Å². The molecule has 0 atom stereocenters. The molecule has 190 valence electrons. The minimum Gasteiger partial charge on any atom is -0.308 e. The van der Waals surface area contributed by atoms with E-state index in [2.05, 4.69) is 75.5 Å². The van der Waals surface area contributed by atoms with E-state index in [9.17, 15) is 10.1 Å². The Morgan fingerprint density at radius 2 is 1.89 bits per heavy atom. The zero-order valence-corrected chi connectivity index (χ0v) is 21.6. The lowest BCUT2D eigenvalue weighted by Crippen LogP contribution is -2.56. The summed E-state index contributed by atoms with van der Waals surface area (Å²) in [5, 5.41) is 12.2. The van der Waals surface area contributed by atoms with E-state index in [1.54, 1.807) is 18.3 Å². The van der Waals surface area contributed by atoms with Gasteiger partial charge in [-0.3, -0.25) is 19.5 Å². The van der Waals surface area contributed by atoms with Gasteiger partial charge in [0.25, 0.3) is 0 Å². The van der Waals surface area contributed by atoms with Gasteiger partial charge in [0.1, 0.15) is 11.9 Å². The van der Waals surface area contributed by atoms with E-state index in [0.717, 1.165) is 51.4 Å². The van der Waals surface area contributed by atoms with Crippen LogP contribution in [-0.4, -0.2) is 71.5 Å². The van der Waals surface area contributed by atoms with Crippen molar-refractivity contribution in [1.29, 1.82) is 5.26 Å². The maximum atomic E-state index is 13.0. The molecule has 2 heterocycles. The van der Waals surface area contributed by atoms with E-state index < -0.39 is 0 Å². The lowest BCUT2D eigenvalue weighted by molar-refractivity contribution is -0.117. The summed E-state index contributed by atoms with van der Waals surface area (Å²) in [6.07, 6.45) is 10.1. The summed E-state index contributed by atoms with van der Waals surface area (Å²) in [6.45, 7) is 3.20. The minimum atomic E-state index is -0.103. The Balaban J connectivity index is 1.30. The number of aromatic nitrogens is 1. The number of nitrogens with one attached hydrogen (secondary N) is 1. The van der Waals surface area contributed by atoms with Gasteiger partial charge in [-0.15, -0.1) is 0 Å². The van der Waals surface area contributed by atoms with Crippen LogP contribution in [0.2, 0.25) is 0 Å². The minimum absolute atomic E-state index is 0.0616. The molecule has 2 aromatic rings. The van der Waals surface area contributed by atoms with Gasteiger partial charge in [-0.25, -0.2) is 4.98 Å². The number of benzene rings is 1. The number of hydrogen-bond donors (Lipinski definition) is 1. The van der Waals surface area contributed by atoms with Gasteiger partial charge in [-0.05, 0) is 76.2 Å². The van der Waals surface area contributed by atoms with Gasteiger partial charge < -0.3 is 5.32 Å². The predicted octanol–water partition coefficient (Wildman–Crippen LogP) is 4.04. The molecular formula is C29H38N6O. The van der Waals surface area contributed by atoms with Crippen molar-refractivity contribution in [2.75, 3.05) is 45.7 Å². The average molecular weight is 487 g/mol. The molecule has 1 N–H and O–H groups in total. The lowest BCUT2D eigenvalue weighted by Gasteiger charge is -2.52. The maximum absolute atomic E-state index is 13.0. The third-order valence-corrected chi connectivity index (χ3v) is 8.99. The van der Waals surface area contributed by atoms with Crippen molar-refractivity contribution in [3.63, 3.8) is 0 Å². The number of nitrogens with zero attached hydrogens (tertiary/aromatic N) is 5. The van der Waals surface area contributed by atoms with Gasteiger partial charge in [0.15, 0.2) is 0 Å². The number of rotatable bonds is 7. The molecule has 0 unspecified atom stereocenters. The molecule has 3 fully saturated rings. The van der Waals surface area contributed by atoms with Crippen molar-refractivity contribution >= 4 is 11.7 Å². The molecule has 1 saturated heterocycles. The topological polar surface area (TPSA) is 75.5 Å². The third kappa shape index (κ3) is 4.78. The Labute approximate surface area is 215 Å². The van der Waals surface area contributed by atoms with Crippen LogP contribution < -0.4 is 5.32 Å². The summed E-state index contributed by atoms with van der Waals surface area (Å²) in [4.78, 5) is 24.6. The Hall–Kier alpha value is -2.79. The molecule has 1 aromatic heterocycles. The zero-order chi connectivity index (χ0) is 25.2. The van der Waals surface area contributed by atoms with Crippen molar-refractivity contribution in [3.05, 3.63) is 59.8 Å². The van der Waals surface area contributed by atoms with E-state index in [1.807, 2.05) is 0 Å². The standard InChI is InChI=1S/C29H38N6O/c1-33(2)29(25-11-4-3-5-12-25)15-13-28(14-16-29)21-34(22-35(28)19-23-8-6-9-23)20-26(36)32-27-24(18-30)10-7-17-31-27/h3-5,7,10-12,17,23H,6,8-9,13-16,19-22H2,1-2H3,(H,31,32,36). The normalized spacial score (nSPS) is 27.2. The second kappa shape index (κ2) is 10.3. The van der Waals surface area contributed by atoms with Crippen LogP contribution >= 0.6 is 0 Å². The second-order valence-electron chi connectivity index (χ2n) is 11.2. The number of amides is 1. The van der Waals surface area contributed by atoms with Crippen LogP contribution in [0.3, 0.4) is 0 Å². The first-order valence-electron chi connectivity index (χ1n) is 13.3. The Morgan fingerprint density at radius 1 is 1.14 bits per heavy atom. The van der Waals surface area contributed by atoms with Crippen LogP contribution in [0.5, 0.6) is 0 Å². The van der Waals surface area contributed by atoms with E-state index in [0.29, 0.717) is 17.9 Å². The molecule has 36 heavy (non-hydrogen) atoms. The number of anilines is 1. The van der Waals surface area contributed by atoms with Crippen LogP contribution in [-0.2, 0) is 10.3 Å². The molecule has 7 nitrogen and oxygen atoms in total. The van der Waals surface area contributed by atoms with Crippen LogP contribution in [0.15, 0.2) is 48.7 Å². The summed E-state index contributed by atoms with van der Waals surface area (Å²) in [5.74, 6) is 1.03. The van der Waals surface area contributed by atoms with Crippen LogP contribution in [0.25, 0.3) is 0 Å². The Bertz CT molecular complexity index is 1100. The highest BCUT2D eigenvalue weighted by Crippen LogP contribution is 2.49. The smallest absolute Gasteiger partial charge is 0.239 e. The van der Waals surface area contributed by atoms with Crippen molar-refractivity contribution in [2.24, 2.45) is 5.92 Å². The first kappa shape index (κ1) is 24.9. The molecule has 7 heteroatoms. The molecular weight excluding hydrogens is 448 g/mol. The van der Waals surface area contributed by atoms with E-state index in [-0.39, 0.29) is 17.0 Å². The number of carbonyl (C=O) groups excluding carboxylic acids is 1. The van der Waals surface area contributed by atoms with E-state index in [4.69, 9.17) is 0 Å². The molecule has 1 spiro atoms. The molecule has 2 aliphatic carbocycles. The fraction of sp³-hybridized carbons (Fsp3) is 0.552. The van der Waals surface area contributed by atoms with Gasteiger partial charge >= 0.3 is 0 Å². The van der Waals surface area contributed by atoms with Gasteiger partial charge in [0, 0.05) is 30.4 Å². The molecule has 0 bridgehead atoms. The highest BCUT2D eigenvalue weighted by molar-refractivity contribution is 5.92. The highest BCUT2D eigenvalue weighted by atomic mass is 16.2. The average Bonchev–Trinajstić information content (AvgIpc) is 3.18. The molecule has 3 aliphatic rings. The first-order valence-corrected chi connectivity index (χ1v) is 13.3. The van der Waals surface area contributed by atoms with E-state index in [1.165, 1.54) is 24.8 Å². The zero-order valence-electron chi connectivity index (χ0n) is 21.6. The molecule has 1 aromatic carbocycles. The number of pyridine rings is 1. The maximum Gasteiger partial charge on any atom is 0.239 e. The molecule has 1 amide bonds. The summed E-state index contributed by atoms with van der Waals surface area (Å²) in [7, 11) is 4.44. The molecule has 0 radical (unpaired) electrons. The molecule has 5 rings (SSSR count). The number of carbonyl (C=O) groups is 1. The Kier molecular flexibility index (Phi) is 7.11. The van der Waals surface area contributed by atoms with Gasteiger partial charge in [0.05, 0.1) is 18.8 Å². The number of hydrogen-bond acceptors (Lipinski definition) is 6. The fourth-order valence-corrected chi connectivity index (χ4v) is 6.62. The van der Waals surface area contributed by atoms with Crippen molar-refractivity contribution in [2.45, 2.75) is 56.0 Å². The monoisotopic (exact) mass is 486 g/mol. The lowest BCUT2D eigenvalue weighted by atomic mass is 9.68. The molecule has 1 aliphatic heterocycles. The van der Waals surface area contributed by atoms with Crippen LogP contribution in [0.4, 0.5) is 5.82 Å². The Morgan fingerprint density at radius 3 is 2.53 bits per heavy atom. The van der Waals surface area contributed by atoms with Crippen molar-refractivity contribution in [3.8, 4) is 6.07 Å². The van der Waals surface area contributed by atoms with E-state index >= 15 is 0 Å². The summed E-state index contributed by atoms with van der Waals surface area (Å²) in [5.41, 5.74) is 1.98. The second-order valence-corrected chi connectivity index (χ2v) is 11.2.